The van der Waals surface area contributed by atoms with Gasteiger partial charge in [0.25, 0.3) is 0 Å². The summed E-state index contributed by atoms with van der Waals surface area (Å²) < 4.78 is 20.7. The van der Waals surface area contributed by atoms with Gasteiger partial charge in [0.05, 0.1) is 0 Å². The Morgan fingerprint density at radius 2 is 1.04 bits per heavy atom. The molecule has 13 nitrogen and oxygen atoms in total. The lowest BCUT2D eigenvalue weighted by Crippen LogP contribution is -2.49. The van der Waals surface area contributed by atoms with Crippen molar-refractivity contribution in [3.63, 3.8) is 0 Å². The second-order valence-corrected chi connectivity index (χ2v) is 16.8. The molecule has 0 saturated carbocycles. The fourth-order valence-electron chi connectivity index (χ4n) is 4.98. The molecule has 4 heterocycles. The number of ketones is 3. The average molecular weight is 712 g/mol. The van der Waals surface area contributed by atoms with Gasteiger partial charge in [-0.15, -0.1) is 0 Å². The van der Waals surface area contributed by atoms with E-state index in [0.29, 0.717) is 65.0 Å². The number of Topliss-reactive ketones (excluding diaryl/α,β-unsaturated/α-hetero) is 3. The van der Waals surface area contributed by atoms with Gasteiger partial charge < -0.3 is 33.6 Å². The predicted octanol–water partition coefficient (Wildman–Crippen LogP) is 6.44. The van der Waals surface area contributed by atoms with Gasteiger partial charge in [-0.3, -0.25) is 14.4 Å². The number of amides is 3. The van der Waals surface area contributed by atoms with Crippen LogP contribution in [0.15, 0.2) is 0 Å². The summed E-state index contributed by atoms with van der Waals surface area (Å²) in [7, 11) is 0. The van der Waals surface area contributed by atoms with E-state index in [-0.39, 0.29) is 41.5 Å². The lowest BCUT2D eigenvalue weighted by molar-refractivity contribution is -0.131. The standard InChI is InChI=1S/C12H21NO3.C11H19NO3.C10H17NO3.C4H8O/c1-11(2,3)16-10(15)13-7-6-9(14)12(4,5)8-13;1-8-7-12(6-5-9(8)13)10(14)15-11(2,3)4;1-10(2,3)14-9(13)11-6-4-8(12)5-7-11;1-2-4-5-3-1/h6-8H2,1-5H3;8H,5-7H2,1-4H3;4-7H2,1-3H3;1-4H2. The van der Waals surface area contributed by atoms with Crippen molar-refractivity contribution < 1.29 is 47.7 Å². The normalized spacial score (nSPS) is 21.0. The molecule has 0 radical (unpaired) electrons. The van der Waals surface area contributed by atoms with Crippen molar-refractivity contribution in [2.45, 2.75) is 138 Å². The molecule has 0 aromatic rings. The van der Waals surface area contributed by atoms with E-state index in [2.05, 4.69) is 0 Å². The second-order valence-electron chi connectivity index (χ2n) is 16.8. The first-order chi connectivity index (χ1) is 22.8. The van der Waals surface area contributed by atoms with Gasteiger partial charge in [-0.05, 0) is 75.2 Å². The second kappa shape index (κ2) is 19.4. The number of ether oxygens (including phenoxy) is 4. The number of carbonyl (C=O) groups excluding carboxylic acids is 6. The van der Waals surface area contributed by atoms with E-state index in [1.807, 2.05) is 83.1 Å². The highest BCUT2D eigenvalue weighted by molar-refractivity contribution is 5.87. The lowest BCUT2D eigenvalue weighted by atomic mass is 9.83. The molecule has 50 heavy (non-hydrogen) atoms. The SMILES string of the molecule is C1CCOC1.CC(C)(C)OC(=O)N1CCC(=O)C(C)(C)C1.CC(C)(C)OC(=O)N1CCC(=O)CC1.CC1CN(C(=O)OC(C)(C)C)CCC1=O. The quantitative estimate of drug-likeness (QED) is 0.257. The number of nitrogens with zero attached hydrogens (tertiary/aromatic N) is 3. The Labute approximate surface area is 300 Å². The van der Waals surface area contributed by atoms with Gasteiger partial charge in [0.2, 0.25) is 0 Å². The molecule has 0 aliphatic carbocycles. The third-order valence-electron chi connectivity index (χ3n) is 7.73. The number of rotatable bonds is 0. The van der Waals surface area contributed by atoms with Crippen molar-refractivity contribution in [1.29, 1.82) is 0 Å². The minimum absolute atomic E-state index is 0.0636. The van der Waals surface area contributed by atoms with E-state index in [0.717, 1.165) is 13.2 Å². The summed E-state index contributed by atoms with van der Waals surface area (Å²) in [5.74, 6) is 0.609. The Hall–Kier alpha value is -3.22. The molecular formula is C37H65N3O10. The topological polar surface area (TPSA) is 149 Å². The van der Waals surface area contributed by atoms with Gasteiger partial charge in [0.15, 0.2) is 0 Å². The molecule has 1 unspecified atom stereocenters. The zero-order chi connectivity index (χ0) is 38.5. The monoisotopic (exact) mass is 711 g/mol. The smallest absolute Gasteiger partial charge is 0.410 e. The molecule has 3 amide bonds. The predicted molar refractivity (Wildman–Crippen MR) is 190 cm³/mol. The molecule has 4 saturated heterocycles. The van der Waals surface area contributed by atoms with Crippen LogP contribution in [0.25, 0.3) is 0 Å². The van der Waals surface area contributed by atoms with Crippen LogP contribution < -0.4 is 0 Å². The summed E-state index contributed by atoms with van der Waals surface area (Å²) in [6.07, 6.45) is 3.38. The third-order valence-corrected chi connectivity index (χ3v) is 7.73. The van der Waals surface area contributed by atoms with Crippen LogP contribution in [-0.4, -0.2) is 120 Å². The average Bonchev–Trinajstić information content (AvgIpc) is 3.55. The molecule has 1 atom stereocenters. The zero-order valence-electron chi connectivity index (χ0n) is 32.9. The fraction of sp³-hybridized carbons (Fsp3) is 0.838. The van der Waals surface area contributed by atoms with Crippen molar-refractivity contribution in [3.05, 3.63) is 0 Å². The Bertz CT molecular complexity index is 1140. The van der Waals surface area contributed by atoms with E-state index in [1.54, 1.807) is 14.7 Å². The molecule has 4 rings (SSSR count). The maximum Gasteiger partial charge on any atom is 0.410 e. The van der Waals surface area contributed by atoms with E-state index in [4.69, 9.17) is 18.9 Å². The number of likely N-dealkylation sites (tertiary alicyclic amines) is 3. The first kappa shape index (κ1) is 44.8. The molecule has 4 aliphatic rings. The summed E-state index contributed by atoms with van der Waals surface area (Å²) in [5, 5.41) is 0. The minimum atomic E-state index is -0.483. The molecular weight excluding hydrogens is 646 g/mol. The maximum absolute atomic E-state index is 11.8. The van der Waals surface area contributed by atoms with E-state index in [1.165, 1.54) is 12.8 Å². The molecule has 0 N–H and O–H groups in total. The molecule has 0 aromatic carbocycles. The van der Waals surface area contributed by atoms with Gasteiger partial charge in [0, 0.05) is 89.5 Å². The van der Waals surface area contributed by atoms with Crippen molar-refractivity contribution in [2.24, 2.45) is 11.3 Å². The molecule has 4 fully saturated rings. The van der Waals surface area contributed by atoms with Crippen molar-refractivity contribution >= 4 is 35.6 Å². The highest BCUT2D eigenvalue weighted by atomic mass is 16.6. The van der Waals surface area contributed by atoms with Gasteiger partial charge in [-0.1, -0.05) is 20.8 Å². The fourth-order valence-corrected chi connectivity index (χ4v) is 4.98. The number of hydrogen-bond acceptors (Lipinski definition) is 10. The molecule has 13 heteroatoms. The van der Waals surface area contributed by atoms with Gasteiger partial charge in [0.1, 0.15) is 34.2 Å². The zero-order valence-corrected chi connectivity index (χ0v) is 32.9. The first-order valence-electron chi connectivity index (χ1n) is 17.9. The Balaban J connectivity index is 0.000000350. The van der Waals surface area contributed by atoms with E-state index < -0.39 is 22.2 Å². The van der Waals surface area contributed by atoms with Crippen LogP contribution in [0, 0.1) is 11.3 Å². The van der Waals surface area contributed by atoms with Crippen LogP contribution in [0.3, 0.4) is 0 Å². The van der Waals surface area contributed by atoms with Gasteiger partial charge >= 0.3 is 18.3 Å². The Kier molecular flexibility index (Phi) is 17.4. The van der Waals surface area contributed by atoms with Crippen molar-refractivity contribution in [2.75, 3.05) is 52.5 Å². The molecule has 288 valence electrons. The maximum atomic E-state index is 11.8. The Morgan fingerprint density at radius 1 is 0.640 bits per heavy atom. The largest absolute Gasteiger partial charge is 0.444 e. The van der Waals surface area contributed by atoms with Crippen LogP contribution >= 0.6 is 0 Å². The summed E-state index contributed by atoms with van der Waals surface area (Å²) in [5.41, 5.74) is -1.86. The van der Waals surface area contributed by atoms with Crippen LogP contribution in [-0.2, 0) is 33.3 Å². The molecule has 0 spiro atoms. The van der Waals surface area contributed by atoms with Crippen LogP contribution in [0.1, 0.15) is 122 Å². The lowest BCUT2D eigenvalue weighted by Gasteiger charge is -2.37. The first-order valence-corrected chi connectivity index (χ1v) is 17.9. The summed E-state index contributed by atoms with van der Waals surface area (Å²) in [6, 6.07) is 0. The summed E-state index contributed by atoms with van der Waals surface area (Å²) in [4.78, 5) is 73.6. The molecule has 4 aliphatic heterocycles. The highest BCUT2D eigenvalue weighted by Gasteiger charge is 2.37. The highest BCUT2D eigenvalue weighted by Crippen LogP contribution is 2.26. The number of carbonyl (C=O) groups is 6. The number of piperidine rings is 3. The van der Waals surface area contributed by atoms with Crippen LogP contribution in [0.2, 0.25) is 0 Å². The van der Waals surface area contributed by atoms with Crippen LogP contribution in [0.5, 0.6) is 0 Å². The molecule has 0 aromatic heterocycles. The minimum Gasteiger partial charge on any atom is -0.444 e. The van der Waals surface area contributed by atoms with Crippen LogP contribution in [0.4, 0.5) is 14.4 Å². The van der Waals surface area contributed by atoms with Crippen molar-refractivity contribution in [1.82, 2.24) is 14.7 Å². The Morgan fingerprint density at radius 3 is 1.42 bits per heavy atom. The van der Waals surface area contributed by atoms with E-state index in [9.17, 15) is 28.8 Å². The molecule has 0 bridgehead atoms. The summed E-state index contributed by atoms with van der Waals surface area (Å²) >= 11 is 0. The van der Waals surface area contributed by atoms with Gasteiger partial charge in [-0.25, -0.2) is 14.4 Å². The number of hydrogen-bond donors (Lipinski definition) is 0. The third kappa shape index (κ3) is 18.7. The summed E-state index contributed by atoms with van der Waals surface area (Å²) in [6.45, 7) is 27.0. The van der Waals surface area contributed by atoms with E-state index >= 15 is 0 Å². The van der Waals surface area contributed by atoms with Gasteiger partial charge in [-0.2, -0.15) is 0 Å². The van der Waals surface area contributed by atoms with Crippen molar-refractivity contribution in [3.8, 4) is 0 Å².